The fraction of sp³-hybridized carbons (Fsp3) is 0. The molecule has 0 atom stereocenters. The predicted molar refractivity (Wildman–Crippen MR) is 102 cm³/mol. The van der Waals surface area contributed by atoms with E-state index in [0.29, 0.717) is 10.8 Å². The Morgan fingerprint density at radius 3 is 1.23 bits per heavy atom. The third-order valence-corrected chi connectivity index (χ3v) is 5.12. The molecule has 2 N–H and O–H groups in total. The van der Waals surface area contributed by atoms with Gasteiger partial charge in [-0.25, -0.2) is 9.59 Å². The van der Waals surface area contributed by atoms with Crippen molar-refractivity contribution in [1.29, 1.82) is 0 Å². The van der Waals surface area contributed by atoms with Crippen molar-refractivity contribution < 1.29 is 19.8 Å². The number of carbonyl (C=O) groups is 2. The van der Waals surface area contributed by atoms with Crippen molar-refractivity contribution in [1.82, 2.24) is 0 Å². The highest BCUT2D eigenvalue weighted by atomic mass is 16.4. The van der Waals surface area contributed by atoms with Gasteiger partial charge in [-0.2, -0.15) is 0 Å². The summed E-state index contributed by atoms with van der Waals surface area (Å²) in [5.74, 6) is -1.92. The zero-order chi connectivity index (χ0) is 18.0. The molecule has 0 aromatic heterocycles. The van der Waals surface area contributed by atoms with Crippen LogP contribution in [0.25, 0.3) is 43.1 Å². The van der Waals surface area contributed by atoms with Crippen LogP contribution in [0.1, 0.15) is 20.7 Å². The summed E-state index contributed by atoms with van der Waals surface area (Å²) in [5, 5.41) is 26.0. The molecule has 0 fully saturated rings. The Bertz CT molecular complexity index is 1250. The van der Waals surface area contributed by atoms with Gasteiger partial charge in [0.1, 0.15) is 0 Å². The van der Waals surface area contributed by atoms with E-state index in [2.05, 4.69) is 0 Å². The number of aromatic carboxylic acids is 2. The highest BCUT2D eigenvalue weighted by molar-refractivity contribution is 6.35. The molecule has 0 radical (unpaired) electrons. The van der Waals surface area contributed by atoms with Gasteiger partial charge in [-0.1, -0.05) is 48.5 Å². The summed E-state index contributed by atoms with van der Waals surface area (Å²) in [6.07, 6.45) is 0. The van der Waals surface area contributed by atoms with Crippen LogP contribution in [-0.2, 0) is 0 Å². The summed E-state index contributed by atoms with van der Waals surface area (Å²) in [7, 11) is 0. The van der Waals surface area contributed by atoms with E-state index in [9.17, 15) is 19.8 Å². The number of benzene rings is 5. The van der Waals surface area contributed by atoms with Crippen molar-refractivity contribution in [2.24, 2.45) is 0 Å². The molecule has 0 unspecified atom stereocenters. The minimum Gasteiger partial charge on any atom is -0.478 e. The second-order valence-corrected chi connectivity index (χ2v) is 6.39. The van der Waals surface area contributed by atoms with Gasteiger partial charge >= 0.3 is 11.9 Å². The molecule has 0 saturated carbocycles. The molecule has 0 aliphatic rings. The molecule has 0 amide bonds. The molecule has 0 spiro atoms. The minimum absolute atomic E-state index is 0.267. The van der Waals surface area contributed by atoms with Gasteiger partial charge in [-0.15, -0.1) is 0 Å². The number of rotatable bonds is 2. The van der Waals surface area contributed by atoms with Crippen LogP contribution in [0.2, 0.25) is 0 Å². The average Bonchev–Trinajstić information content (AvgIpc) is 2.64. The highest BCUT2D eigenvalue weighted by Crippen LogP contribution is 2.41. The molecule has 124 valence electrons. The van der Waals surface area contributed by atoms with E-state index < -0.39 is 11.9 Å². The number of carboxylic acids is 2. The molecular formula is C22H12O4. The maximum atomic E-state index is 11.6. The van der Waals surface area contributed by atoms with Crippen LogP contribution in [0.4, 0.5) is 0 Å². The van der Waals surface area contributed by atoms with Crippen LogP contribution in [0.5, 0.6) is 0 Å². The Balaban J connectivity index is 2.15. The van der Waals surface area contributed by atoms with Gasteiger partial charge in [-0.05, 0) is 55.2 Å². The lowest BCUT2D eigenvalue weighted by atomic mass is 9.87. The Hall–Kier alpha value is -3.66. The van der Waals surface area contributed by atoms with E-state index >= 15 is 0 Å². The van der Waals surface area contributed by atoms with Crippen molar-refractivity contribution in [2.45, 2.75) is 0 Å². The molecule has 0 aliphatic carbocycles. The predicted octanol–water partition coefficient (Wildman–Crippen LogP) is 5.13. The third-order valence-electron chi connectivity index (χ3n) is 5.12. The molecular weight excluding hydrogens is 328 g/mol. The average molecular weight is 340 g/mol. The summed E-state index contributed by atoms with van der Waals surface area (Å²) in [6, 6.07) is 18.1. The maximum Gasteiger partial charge on any atom is 0.336 e. The van der Waals surface area contributed by atoms with Crippen LogP contribution in [0.3, 0.4) is 0 Å². The zero-order valence-corrected chi connectivity index (χ0v) is 13.5. The van der Waals surface area contributed by atoms with Crippen LogP contribution < -0.4 is 0 Å². The molecule has 0 heterocycles. The van der Waals surface area contributed by atoms with Crippen molar-refractivity contribution in [3.05, 3.63) is 71.8 Å². The quantitative estimate of drug-likeness (QED) is 0.345. The van der Waals surface area contributed by atoms with E-state index in [4.69, 9.17) is 0 Å². The molecule has 0 aliphatic heterocycles. The van der Waals surface area contributed by atoms with Crippen molar-refractivity contribution in [3.8, 4) is 0 Å². The van der Waals surface area contributed by atoms with E-state index in [1.54, 1.807) is 12.1 Å². The number of hydrogen-bond donors (Lipinski definition) is 2. The molecule has 26 heavy (non-hydrogen) atoms. The lowest BCUT2D eigenvalue weighted by Crippen LogP contribution is -2.00. The smallest absolute Gasteiger partial charge is 0.336 e. The normalized spacial score (nSPS) is 11.7. The molecule has 5 aromatic rings. The van der Waals surface area contributed by atoms with Crippen molar-refractivity contribution in [3.63, 3.8) is 0 Å². The Morgan fingerprint density at radius 2 is 0.846 bits per heavy atom. The molecule has 4 heteroatoms. The molecule has 5 rings (SSSR count). The molecule has 5 aromatic carbocycles. The van der Waals surface area contributed by atoms with E-state index in [1.165, 1.54) is 0 Å². The highest BCUT2D eigenvalue weighted by Gasteiger charge is 2.18. The van der Waals surface area contributed by atoms with Crippen LogP contribution in [0.15, 0.2) is 60.7 Å². The summed E-state index contributed by atoms with van der Waals surface area (Å²) in [6.45, 7) is 0. The van der Waals surface area contributed by atoms with Gasteiger partial charge < -0.3 is 10.2 Å². The molecule has 0 bridgehead atoms. The van der Waals surface area contributed by atoms with Crippen LogP contribution >= 0.6 is 0 Å². The van der Waals surface area contributed by atoms with Gasteiger partial charge in [0.2, 0.25) is 0 Å². The van der Waals surface area contributed by atoms with E-state index in [0.717, 1.165) is 32.3 Å². The first-order valence-corrected chi connectivity index (χ1v) is 8.16. The van der Waals surface area contributed by atoms with Gasteiger partial charge in [0.25, 0.3) is 0 Å². The van der Waals surface area contributed by atoms with E-state index in [-0.39, 0.29) is 11.1 Å². The SMILES string of the molecule is O=C(O)c1ccc2c3cccc4c(C(=O)O)ccc(c5cccc1c52)c43. The maximum absolute atomic E-state index is 11.6. The summed E-state index contributed by atoms with van der Waals surface area (Å²) >= 11 is 0. The number of fused-ring (bicyclic) bond motifs is 2. The Morgan fingerprint density at radius 1 is 0.500 bits per heavy atom. The zero-order valence-electron chi connectivity index (χ0n) is 13.5. The first-order chi connectivity index (χ1) is 12.6. The van der Waals surface area contributed by atoms with Crippen LogP contribution in [0, 0.1) is 0 Å². The first kappa shape index (κ1) is 14.7. The third kappa shape index (κ3) is 1.73. The fourth-order valence-corrected chi connectivity index (χ4v) is 4.08. The van der Waals surface area contributed by atoms with Gasteiger partial charge in [-0.3, -0.25) is 0 Å². The second-order valence-electron chi connectivity index (χ2n) is 6.39. The largest absolute Gasteiger partial charge is 0.478 e. The summed E-state index contributed by atoms with van der Waals surface area (Å²) in [4.78, 5) is 23.3. The number of hydrogen-bond acceptors (Lipinski definition) is 2. The molecule has 0 saturated heterocycles. The topological polar surface area (TPSA) is 74.6 Å². The monoisotopic (exact) mass is 340 g/mol. The lowest BCUT2D eigenvalue weighted by molar-refractivity contribution is 0.0688. The number of carboxylic acid groups (broad SMARTS) is 2. The summed E-state index contributed by atoms with van der Waals surface area (Å²) < 4.78 is 0. The first-order valence-electron chi connectivity index (χ1n) is 8.16. The van der Waals surface area contributed by atoms with Gasteiger partial charge in [0.15, 0.2) is 0 Å². The fourth-order valence-electron chi connectivity index (χ4n) is 4.08. The summed E-state index contributed by atoms with van der Waals surface area (Å²) in [5.41, 5.74) is 0.534. The standard InChI is InChI=1S/C22H12O4/c23-21(24)17-9-8-16-12-4-2-6-14-18(22(25)26)10-7-15(20(12)14)11-3-1-5-13(17)19(11)16/h1-10H,(H,23,24)(H,25,26). The second kappa shape index (κ2) is 4.92. The minimum atomic E-state index is -0.959. The van der Waals surface area contributed by atoms with E-state index in [1.807, 2.05) is 48.5 Å². The van der Waals surface area contributed by atoms with Gasteiger partial charge in [0.05, 0.1) is 11.1 Å². The van der Waals surface area contributed by atoms with Crippen LogP contribution in [-0.4, -0.2) is 22.2 Å². The Kier molecular flexibility index (Phi) is 2.78. The lowest BCUT2D eigenvalue weighted by Gasteiger charge is -2.16. The van der Waals surface area contributed by atoms with Gasteiger partial charge in [0, 0.05) is 0 Å². The molecule has 4 nitrogen and oxygen atoms in total. The van der Waals surface area contributed by atoms with Crippen molar-refractivity contribution >= 4 is 55.0 Å². The van der Waals surface area contributed by atoms with Crippen molar-refractivity contribution in [2.75, 3.05) is 0 Å². The Labute approximate surface area is 147 Å².